The summed E-state index contributed by atoms with van der Waals surface area (Å²) in [7, 11) is -0.449. The Bertz CT molecular complexity index is 204. The summed E-state index contributed by atoms with van der Waals surface area (Å²) in [6, 6.07) is 0.313. The van der Waals surface area contributed by atoms with E-state index in [-0.39, 0.29) is 0 Å². The van der Waals surface area contributed by atoms with Crippen LogP contribution < -0.4 is 5.32 Å². The molecule has 0 bridgehead atoms. The molecular formula is C9H21NO2S. The molecule has 0 aromatic heterocycles. The van der Waals surface area contributed by atoms with Crippen LogP contribution in [0.4, 0.5) is 0 Å². The van der Waals surface area contributed by atoms with Gasteiger partial charge in [-0.2, -0.15) is 0 Å². The Balaban J connectivity index is 4.21. The number of hydrogen-bond donors (Lipinski definition) is 2. The second-order valence-corrected chi connectivity index (χ2v) is 5.77. The molecule has 0 aliphatic rings. The van der Waals surface area contributed by atoms with E-state index in [1.165, 1.54) is 0 Å². The van der Waals surface area contributed by atoms with Crippen molar-refractivity contribution in [3.63, 3.8) is 0 Å². The topological polar surface area (TPSA) is 46.2 Å². The fourth-order valence-electron chi connectivity index (χ4n) is 1.37. The van der Waals surface area contributed by atoms with E-state index >= 15 is 0 Å². The Morgan fingerprint density at radius 2 is 1.92 bits per heavy atom. The summed E-state index contributed by atoms with van der Waals surface area (Å²) >= 11 is 0. The largest absolute Gasteiger partial charge is 0.317 e. The molecule has 0 heterocycles. The third kappa shape index (κ3) is 4.62. The molecule has 1 N–H and O–H groups in total. The Labute approximate surface area is 82.9 Å². The van der Waals surface area contributed by atoms with Gasteiger partial charge in [0.05, 0.1) is 4.75 Å². The van der Waals surface area contributed by atoms with Crippen LogP contribution in [0.25, 0.3) is 0 Å². The van der Waals surface area contributed by atoms with Gasteiger partial charge in [-0.3, -0.25) is 0 Å². The van der Waals surface area contributed by atoms with E-state index in [1.54, 1.807) is 13.8 Å². The molecule has 0 aromatic rings. The van der Waals surface area contributed by atoms with Gasteiger partial charge in [-0.25, -0.2) is 8.42 Å². The van der Waals surface area contributed by atoms with Gasteiger partial charge in [0.15, 0.2) is 0 Å². The van der Waals surface area contributed by atoms with E-state index in [9.17, 15) is 8.42 Å². The fraction of sp³-hybridized carbons (Fsp3) is 1.00. The van der Waals surface area contributed by atoms with Gasteiger partial charge in [0.2, 0.25) is 0 Å². The smallest absolute Gasteiger partial charge is 0.145 e. The molecule has 0 aliphatic heterocycles. The lowest BCUT2D eigenvalue weighted by Crippen LogP contribution is -2.35. The minimum Gasteiger partial charge on any atom is -0.317 e. The van der Waals surface area contributed by atoms with Gasteiger partial charge in [0, 0.05) is 6.04 Å². The zero-order valence-corrected chi connectivity index (χ0v) is 9.86. The van der Waals surface area contributed by atoms with Gasteiger partial charge in [0.1, 0.15) is 10.7 Å². The van der Waals surface area contributed by atoms with Crippen LogP contribution in [0.2, 0.25) is 0 Å². The van der Waals surface area contributed by atoms with Crippen LogP contribution in [0, 0.1) is 0 Å². The lowest BCUT2D eigenvalue weighted by atomic mass is 9.99. The van der Waals surface area contributed by atoms with E-state index in [1.807, 2.05) is 7.05 Å². The quantitative estimate of drug-likeness (QED) is 0.642. The highest BCUT2D eigenvalue weighted by Crippen LogP contribution is 2.18. The van der Waals surface area contributed by atoms with Gasteiger partial charge < -0.3 is 5.32 Å². The molecule has 0 aromatic carbocycles. The Morgan fingerprint density at radius 3 is 2.23 bits per heavy atom. The van der Waals surface area contributed by atoms with Crippen molar-refractivity contribution < 1.29 is 8.42 Å². The zero-order chi connectivity index (χ0) is 10.5. The summed E-state index contributed by atoms with van der Waals surface area (Å²) in [5.74, 6) is 0. The highest BCUT2D eigenvalue weighted by Gasteiger charge is 2.25. The Hall–Kier alpha value is -0.0900. The van der Waals surface area contributed by atoms with Crippen molar-refractivity contribution in [1.29, 1.82) is 0 Å². The maximum Gasteiger partial charge on any atom is 0.145 e. The van der Waals surface area contributed by atoms with Crippen molar-refractivity contribution >= 4 is 10.7 Å². The molecule has 0 saturated heterocycles. The van der Waals surface area contributed by atoms with Crippen LogP contribution in [0.3, 0.4) is 0 Å². The summed E-state index contributed by atoms with van der Waals surface area (Å²) in [5.41, 5.74) is 0. The molecule has 0 saturated carbocycles. The number of thiol groups is 1. The van der Waals surface area contributed by atoms with E-state index < -0.39 is 15.5 Å². The molecule has 1 unspecified atom stereocenters. The summed E-state index contributed by atoms with van der Waals surface area (Å²) in [4.78, 5) is 0. The zero-order valence-electron chi connectivity index (χ0n) is 8.96. The normalized spacial score (nSPS) is 14.8. The third-order valence-electron chi connectivity index (χ3n) is 2.29. The van der Waals surface area contributed by atoms with Gasteiger partial charge in [0.25, 0.3) is 0 Å². The minimum atomic E-state index is -2.33. The summed E-state index contributed by atoms with van der Waals surface area (Å²) in [5, 5.41) is 3.15. The average Bonchev–Trinajstić information content (AvgIpc) is 2.03. The first kappa shape index (κ1) is 12.9. The molecule has 0 radical (unpaired) electrons. The molecule has 0 rings (SSSR count). The van der Waals surface area contributed by atoms with Crippen molar-refractivity contribution in [2.45, 2.75) is 50.8 Å². The van der Waals surface area contributed by atoms with Crippen molar-refractivity contribution in [2.24, 2.45) is 0 Å². The van der Waals surface area contributed by atoms with Crippen molar-refractivity contribution in [3.8, 4) is 0 Å². The predicted molar refractivity (Wildman–Crippen MR) is 56.8 cm³/mol. The van der Waals surface area contributed by atoms with Crippen LogP contribution >= 0.6 is 0 Å². The standard InChI is InChI=1S/C9H21NO2S/c1-5-6-8(10-4)7-9(2,3)13(11)12/h8,10,13H,5-7H2,1-4H3. The van der Waals surface area contributed by atoms with Gasteiger partial charge >= 0.3 is 0 Å². The lowest BCUT2D eigenvalue weighted by Gasteiger charge is -2.24. The molecule has 0 spiro atoms. The first-order valence-electron chi connectivity index (χ1n) is 4.75. The first-order valence-corrected chi connectivity index (χ1v) is 5.93. The van der Waals surface area contributed by atoms with Crippen molar-refractivity contribution in [3.05, 3.63) is 0 Å². The van der Waals surface area contributed by atoms with E-state index in [2.05, 4.69) is 12.2 Å². The lowest BCUT2D eigenvalue weighted by molar-refractivity contribution is 0.427. The highest BCUT2D eigenvalue weighted by atomic mass is 32.2. The monoisotopic (exact) mass is 207 g/mol. The van der Waals surface area contributed by atoms with E-state index in [0.717, 1.165) is 12.8 Å². The highest BCUT2D eigenvalue weighted by molar-refractivity contribution is 7.74. The number of hydrogen-bond acceptors (Lipinski definition) is 3. The van der Waals surface area contributed by atoms with Gasteiger partial charge in [-0.05, 0) is 33.7 Å². The SMILES string of the molecule is CCCC(CC(C)(C)[SH](=O)=O)NC. The first-order chi connectivity index (χ1) is 5.94. The van der Waals surface area contributed by atoms with Crippen LogP contribution in [0.1, 0.15) is 40.0 Å². The van der Waals surface area contributed by atoms with E-state index in [0.29, 0.717) is 12.5 Å². The summed E-state index contributed by atoms with van der Waals surface area (Å²) < 4.78 is 21.2. The Morgan fingerprint density at radius 1 is 1.38 bits per heavy atom. The number of rotatable bonds is 6. The molecule has 4 heteroatoms. The van der Waals surface area contributed by atoms with Crippen LogP contribution in [0.5, 0.6) is 0 Å². The van der Waals surface area contributed by atoms with Crippen molar-refractivity contribution in [2.75, 3.05) is 7.05 Å². The van der Waals surface area contributed by atoms with Gasteiger partial charge in [-0.1, -0.05) is 13.3 Å². The maximum atomic E-state index is 10.9. The number of nitrogens with one attached hydrogen (secondary N) is 1. The molecular weight excluding hydrogens is 186 g/mol. The molecule has 0 fully saturated rings. The fourth-order valence-corrected chi connectivity index (χ4v) is 1.74. The minimum absolute atomic E-state index is 0.313. The van der Waals surface area contributed by atoms with Crippen molar-refractivity contribution in [1.82, 2.24) is 5.32 Å². The molecule has 80 valence electrons. The molecule has 3 nitrogen and oxygen atoms in total. The maximum absolute atomic E-state index is 10.9. The Kier molecular flexibility index (Phi) is 5.56. The second kappa shape index (κ2) is 5.60. The molecule has 0 amide bonds. The second-order valence-electron chi connectivity index (χ2n) is 4.05. The summed E-state index contributed by atoms with van der Waals surface area (Å²) in [6.07, 6.45) is 2.80. The molecule has 1 atom stereocenters. The molecule has 13 heavy (non-hydrogen) atoms. The van der Waals surface area contributed by atoms with Gasteiger partial charge in [-0.15, -0.1) is 0 Å². The van der Waals surface area contributed by atoms with Crippen LogP contribution in [0.15, 0.2) is 0 Å². The van der Waals surface area contributed by atoms with Crippen LogP contribution in [-0.4, -0.2) is 26.3 Å². The van der Waals surface area contributed by atoms with Crippen LogP contribution in [-0.2, 0) is 10.7 Å². The summed E-state index contributed by atoms with van der Waals surface area (Å²) in [6.45, 7) is 5.66. The molecule has 0 aliphatic carbocycles. The third-order valence-corrected chi connectivity index (χ3v) is 3.46. The predicted octanol–water partition coefficient (Wildman–Crippen LogP) is 1.15. The van der Waals surface area contributed by atoms with E-state index in [4.69, 9.17) is 0 Å². The average molecular weight is 207 g/mol.